The minimum atomic E-state index is 0.297. The molecule has 0 aliphatic heterocycles. The van der Waals surface area contributed by atoms with E-state index >= 15 is 0 Å². The van der Waals surface area contributed by atoms with Gasteiger partial charge in [-0.1, -0.05) is 6.92 Å². The number of hydrogen-bond donors (Lipinski definition) is 1. The number of nitrogens with zero attached hydrogens (tertiary/aromatic N) is 1. The fourth-order valence-electron chi connectivity index (χ4n) is 2.03. The van der Waals surface area contributed by atoms with Gasteiger partial charge in [0.1, 0.15) is 0 Å². The standard InChI is InChI=1S/C15H20N2S/c1-4-8-17-15(14-6-5-12(3)18-14)13-7-9-16-11(2)10-13/h5-7,9-10,15,17H,4,8H2,1-3H3. The molecular formula is C15H20N2S. The van der Waals surface area contributed by atoms with Crippen LogP contribution < -0.4 is 5.32 Å². The highest BCUT2D eigenvalue weighted by Crippen LogP contribution is 2.28. The van der Waals surface area contributed by atoms with Gasteiger partial charge in [0.15, 0.2) is 0 Å². The van der Waals surface area contributed by atoms with Crippen LogP contribution in [0, 0.1) is 13.8 Å². The molecule has 0 aliphatic rings. The van der Waals surface area contributed by atoms with E-state index in [-0.39, 0.29) is 0 Å². The van der Waals surface area contributed by atoms with Crippen LogP contribution in [-0.4, -0.2) is 11.5 Å². The van der Waals surface area contributed by atoms with Gasteiger partial charge in [-0.2, -0.15) is 0 Å². The second kappa shape index (κ2) is 6.12. The molecule has 1 unspecified atom stereocenters. The third kappa shape index (κ3) is 3.18. The van der Waals surface area contributed by atoms with Crippen LogP contribution in [0.5, 0.6) is 0 Å². The maximum absolute atomic E-state index is 4.28. The highest BCUT2D eigenvalue weighted by atomic mass is 32.1. The zero-order chi connectivity index (χ0) is 13.0. The summed E-state index contributed by atoms with van der Waals surface area (Å²) in [5.74, 6) is 0. The molecule has 0 spiro atoms. The number of thiophene rings is 1. The van der Waals surface area contributed by atoms with Gasteiger partial charge in [-0.15, -0.1) is 11.3 Å². The van der Waals surface area contributed by atoms with Crippen molar-refractivity contribution in [1.82, 2.24) is 10.3 Å². The predicted molar refractivity (Wildman–Crippen MR) is 78.2 cm³/mol. The summed E-state index contributed by atoms with van der Waals surface area (Å²) in [6.07, 6.45) is 3.04. The maximum atomic E-state index is 4.28. The summed E-state index contributed by atoms with van der Waals surface area (Å²) in [7, 11) is 0. The highest BCUT2D eigenvalue weighted by Gasteiger charge is 2.15. The summed E-state index contributed by atoms with van der Waals surface area (Å²) in [6.45, 7) is 7.42. The quantitative estimate of drug-likeness (QED) is 0.883. The van der Waals surface area contributed by atoms with Crippen LogP contribution >= 0.6 is 11.3 Å². The minimum Gasteiger partial charge on any atom is -0.306 e. The topological polar surface area (TPSA) is 24.9 Å². The molecule has 0 saturated heterocycles. The number of aromatic nitrogens is 1. The average Bonchev–Trinajstić information content (AvgIpc) is 2.76. The van der Waals surface area contributed by atoms with Crippen LogP contribution in [0.4, 0.5) is 0 Å². The summed E-state index contributed by atoms with van der Waals surface area (Å²) in [4.78, 5) is 7.02. The molecule has 1 atom stereocenters. The Morgan fingerprint density at radius 3 is 2.72 bits per heavy atom. The first-order valence-electron chi connectivity index (χ1n) is 6.43. The predicted octanol–water partition coefficient (Wildman–Crippen LogP) is 3.85. The van der Waals surface area contributed by atoms with Gasteiger partial charge in [-0.25, -0.2) is 0 Å². The third-order valence-corrected chi connectivity index (χ3v) is 3.96. The summed E-state index contributed by atoms with van der Waals surface area (Å²) in [5.41, 5.74) is 2.38. The summed E-state index contributed by atoms with van der Waals surface area (Å²) >= 11 is 1.86. The molecule has 0 bridgehead atoms. The molecule has 0 fully saturated rings. The normalized spacial score (nSPS) is 12.6. The largest absolute Gasteiger partial charge is 0.306 e. The lowest BCUT2D eigenvalue weighted by Gasteiger charge is -2.18. The van der Waals surface area contributed by atoms with Crippen molar-refractivity contribution >= 4 is 11.3 Å². The molecule has 18 heavy (non-hydrogen) atoms. The summed E-state index contributed by atoms with van der Waals surface area (Å²) < 4.78 is 0. The van der Waals surface area contributed by atoms with Crippen LogP contribution in [0.15, 0.2) is 30.5 Å². The van der Waals surface area contributed by atoms with Gasteiger partial charge in [0, 0.05) is 21.6 Å². The zero-order valence-electron chi connectivity index (χ0n) is 11.2. The van der Waals surface area contributed by atoms with Crippen LogP contribution in [-0.2, 0) is 0 Å². The molecule has 2 rings (SSSR count). The van der Waals surface area contributed by atoms with E-state index in [2.05, 4.69) is 48.4 Å². The third-order valence-electron chi connectivity index (χ3n) is 2.90. The lowest BCUT2D eigenvalue weighted by Crippen LogP contribution is -2.22. The second-order valence-corrected chi connectivity index (χ2v) is 5.89. The maximum Gasteiger partial charge on any atom is 0.0672 e. The summed E-state index contributed by atoms with van der Waals surface area (Å²) in [5, 5.41) is 3.63. The molecule has 0 radical (unpaired) electrons. The zero-order valence-corrected chi connectivity index (χ0v) is 12.1. The molecular weight excluding hydrogens is 240 g/mol. The molecule has 0 amide bonds. The van der Waals surface area contributed by atoms with Crippen molar-refractivity contribution in [3.63, 3.8) is 0 Å². The molecule has 2 aromatic heterocycles. The van der Waals surface area contributed by atoms with Gasteiger partial charge in [-0.05, 0) is 56.6 Å². The lowest BCUT2D eigenvalue weighted by molar-refractivity contribution is 0.605. The van der Waals surface area contributed by atoms with E-state index in [1.54, 1.807) is 0 Å². The lowest BCUT2D eigenvalue weighted by atomic mass is 10.1. The highest BCUT2D eigenvalue weighted by molar-refractivity contribution is 7.12. The Hall–Kier alpha value is -1.19. The Morgan fingerprint density at radius 2 is 2.11 bits per heavy atom. The molecule has 0 aromatic carbocycles. The van der Waals surface area contributed by atoms with E-state index in [1.165, 1.54) is 15.3 Å². The van der Waals surface area contributed by atoms with Crippen LogP contribution in [0.3, 0.4) is 0 Å². The molecule has 2 heterocycles. The van der Waals surface area contributed by atoms with Gasteiger partial charge in [0.2, 0.25) is 0 Å². The molecule has 2 aromatic rings. The van der Waals surface area contributed by atoms with Crippen molar-refractivity contribution in [2.24, 2.45) is 0 Å². The fraction of sp³-hybridized carbons (Fsp3) is 0.400. The molecule has 0 saturated carbocycles. The van der Waals surface area contributed by atoms with Crippen molar-refractivity contribution in [1.29, 1.82) is 0 Å². The van der Waals surface area contributed by atoms with Gasteiger partial charge in [0.25, 0.3) is 0 Å². The van der Waals surface area contributed by atoms with Crippen molar-refractivity contribution in [3.05, 3.63) is 51.5 Å². The van der Waals surface area contributed by atoms with Crippen molar-refractivity contribution in [2.45, 2.75) is 33.2 Å². The molecule has 2 nitrogen and oxygen atoms in total. The molecule has 1 N–H and O–H groups in total. The Kier molecular flexibility index (Phi) is 4.50. The number of hydrogen-bond acceptors (Lipinski definition) is 3. The van der Waals surface area contributed by atoms with Crippen LogP contribution in [0.2, 0.25) is 0 Å². The number of aryl methyl sites for hydroxylation is 2. The van der Waals surface area contributed by atoms with E-state index in [1.807, 2.05) is 24.5 Å². The Balaban J connectivity index is 2.30. The Labute approximate surface area is 113 Å². The second-order valence-electron chi connectivity index (χ2n) is 4.57. The summed E-state index contributed by atoms with van der Waals surface area (Å²) in [6, 6.07) is 8.99. The molecule has 0 aliphatic carbocycles. The number of nitrogens with one attached hydrogen (secondary N) is 1. The first-order valence-corrected chi connectivity index (χ1v) is 7.24. The van der Waals surface area contributed by atoms with Crippen LogP contribution in [0.1, 0.15) is 40.4 Å². The monoisotopic (exact) mass is 260 g/mol. The first-order chi connectivity index (χ1) is 8.70. The first kappa shape index (κ1) is 13.2. The van der Waals surface area contributed by atoms with Gasteiger partial charge < -0.3 is 5.32 Å². The Morgan fingerprint density at radius 1 is 1.28 bits per heavy atom. The minimum absolute atomic E-state index is 0.297. The van der Waals surface area contributed by atoms with Gasteiger partial charge >= 0.3 is 0 Å². The molecule has 96 valence electrons. The van der Waals surface area contributed by atoms with E-state index in [0.717, 1.165) is 18.7 Å². The van der Waals surface area contributed by atoms with Gasteiger partial charge in [0.05, 0.1) is 6.04 Å². The van der Waals surface area contributed by atoms with E-state index in [4.69, 9.17) is 0 Å². The number of rotatable bonds is 5. The smallest absolute Gasteiger partial charge is 0.0672 e. The van der Waals surface area contributed by atoms with E-state index in [9.17, 15) is 0 Å². The van der Waals surface area contributed by atoms with Crippen molar-refractivity contribution < 1.29 is 0 Å². The van der Waals surface area contributed by atoms with Crippen molar-refractivity contribution in [2.75, 3.05) is 6.54 Å². The van der Waals surface area contributed by atoms with Crippen LogP contribution in [0.25, 0.3) is 0 Å². The van der Waals surface area contributed by atoms with Gasteiger partial charge in [-0.3, -0.25) is 4.98 Å². The fourth-order valence-corrected chi connectivity index (χ4v) is 3.01. The van der Waals surface area contributed by atoms with Crippen molar-refractivity contribution in [3.8, 4) is 0 Å². The van der Waals surface area contributed by atoms with E-state index in [0.29, 0.717) is 6.04 Å². The van der Waals surface area contributed by atoms with E-state index < -0.39 is 0 Å². The number of pyridine rings is 1. The Bertz CT molecular complexity index is 505. The SMILES string of the molecule is CCCNC(c1ccnc(C)c1)c1ccc(C)s1. The molecule has 3 heteroatoms. The average molecular weight is 260 g/mol.